The van der Waals surface area contributed by atoms with Gasteiger partial charge in [0.2, 0.25) is 0 Å². The quantitative estimate of drug-likeness (QED) is 0.686. The van der Waals surface area contributed by atoms with Crippen molar-refractivity contribution in [3.8, 4) is 11.4 Å². The van der Waals surface area contributed by atoms with Crippen LogP contribution in [0, 0.1) is 11.2 Å². The Kier molecular flexibility index (Phi) is 5.32. The third-order valence-corrected chi connectivity index (χ3v) is 6.67. The van der Waals surface area contributed by atoms with E-state index in [2.05, 4.69) is 14.9 Å². The number of carbonyl (C=O) groups excluding carboxylic acids is 1. The lowest BCUT2D eigenvalue weighted by atomic mass is 9.79. The molecular formula is C25H27FN4O. The second-order valence-electron chi connectivity index (χ2n) is 8.94. The summed E-state index contributed by atoms with van der Waals surface area (Å²) in [6.07, 6.45) is 6.83. The first kappa shape index (κ1) is 19.9. The summed E-state index contributed by atoms with van der Waals surface area (Å²) < 4.78 is 13.2. The summed E-state index contributed by atoms with van der Waals surface area (Å²) in [6, 6.07) is 14.5. The minimum Gasteiger partial charge on any atom is -0.345 e. The van der Waals surface area contributed by atoms with E-state index in [0.29, 0.717) is 5.56 Å². The molecule has 5 nitrogen and oxygen atoms in total. The van der Waals surface area contributed by atoms with Gasteiger partial charge in [-0.3, -0.25) is 9.69 Å². The standard InChI is InChI=1S/C25H27FN4O/c26-22-7-5-19(6-8-22)16-29-13-2-9-25(17-29)10-14-30(18-25)24(31)21-4-1-3-20(15-21)23-27-11-12-28-23/h1,3-8,11-12,15H,2,9-10,13-14,16-18H2,(H,27,28). The molecule has 5 rings (SSSR count). The van der Waals surface area contributed by atoms with Gasteiger partial charge in [-0.1, -0.05) is 24.3 Å². The molecule has 6 heteroatoms. The maximum atomic E-state index is 13.2. The molecule has 2 aliphatic heterocycles. The van der Waals surface area contributed by atoms with Gasteiger partial charge in [0.25, 0.3) is 5.91 Å². The topological polar surface area (TPSA) is 52.2 Å². The Morgan fingerprint density at radius 3 is 2.77 bits per heavy atom. The molecule has 2 fully saturated rings. The molecule has 1 N–H and O–H groups in total. The maximum Gasteiger partial charge on any atom is 0.253 e. The van der Waals surface area contributed by atoms with Crippen LogP contribution < -0.4 is 0 Å². The van der Waals surface area contributed by atoms with Crippen LogP contribution in [0.2, 0.25) is 0 Å². The minimum absolute atomic E-state index is 0.0981. The van der Waals surface area contributed by atoms with E-state index in [4.69, 9.17) is 0 Å². The zero-order chi connectivity index (χ0) is 21.3. The summed E-state index contributed by atoms with van der Waals surface area (Å²) in [6.45, 7) is 4.48. The number of hydrogen-bond donors (Lipinski definition) is 1. The van der Waals surface area contributed by atoms with E-state index in [1.54, 1.807) is 12.4 Å². The molecule has 0 radical (unpaired) electrons. The number of likely N-dealkylation sites (tertiary alicyclic amines) is 2. The third kappa shape index (κ3) is 4.26. The summed E-state index contributed by atoms with van der Waals surface area (Å²) in [7, 11) is 0. The van der Waals surface area contributed by atoms with Crippen molar-refractivity contribution in [2.75, 3.05) is 26.2 Å². The fourth-order valence-corrected chi connectivity index (χ4v) is 5.14. The molecular weight excluding hydrogens is 391 g/mol. The van der Waals surface area contributed by atoms with Crippen LogP contribution in [0.25, 0.3) is 11.4 Å². The highest BCUT2D eigenvalue weighted by atomic mass is 19.1. The van der Waals surface area contributed by atoms with Crippen molar-refractivity contribution in [1.29, 1.82) is 0 Å². The number of rotatable bonds is 4. The second kappa shape index (κ2) is 8.27. The van der Waals surface area contributed by atoms with Gasteiger partial charge in [0.05, 0.1) is 0 Å². The highest BCUT2D eigenvalue weighted by molar-refractivity contribution is 5.95. The number of carbonyl (C=O) groups is 1. The fourth-order valence-electron chi connectivity index (χ4n) is 5.14. The van der Waals surface area contributed by atoms with Crippen LogP contribution in [0.5, 0.6) is 0 Å². The molecule has 1 atom stereocenters. The number of nitrogens with zero attached hydrogens (tertiary/aromatic N) is 3. The molecule has 2 saturated heterocycles. The summed E-state index contributed by atoms with van der Waals surface area (Å²) in [5.74, 6) is 0.678. The zero-order valence-corrected chi connectivity index (χ0v) is 17.6. The number of aromatic amines is 1. The van der Waals surface area contributed by atoms with Gasteiger partial charge in [-0.25, -0.2) is 9.37 Å². The summed E-state index contributed by atoms with van der Waals surface area (Å²) >= 11 is 0. The average Bonchev–Trinajstić information content (AvgIpc) is 3.46. The predicted molar refractivity (Wildman–Crippen MR) is 118 cm³/mol. The Morgan fingerprint density at radius 1 is 1.10 bits per heavy atom. The number of imidazole rings is 1. The third-order valence-electron chi connectivity index (χ3n) is 6.67. The minimum atomic E-state index is -0.195. The van der Waals surface area contributed by atoms with E-state index in [9.17, 15) is 9.18 Å². The highest BCUT2D eigenvalue weighted by Crippen LogP contribution is 2.40. The first-order chi connectivity index (χ1) is 15.1. The first-order valence-electron chi connectivity index (χ1n) is 11.0. The van der Waals surface area contributed by atoms with Crippen LogP contribution in [-0.2, 0) is 6.54 Å². The van der Waals surface area contributed by atoms with E-state index in [1.165, 1.54) is 12.1 Å². The van der Waals surface area contributed by atoms with E-state index < -0.39 is 0 Å². The Morgan fingerprint density at radius 2 is 1.97 bits per heavy atom. The molecule has 3 heterocycles. The second-order valence-corrected chi connectivity index (χ2v) is 8.94. The number of aromatic nitrogens is 2. The zero-order valence-electron chi connectivity index (χ0n) is 17.6. The Hall–Kier alpha value is -2.99. The summed E-state index contributed by atoms with van der Waals surface area (Å²) in [5.41, 5.74) is 2.93. The molecule has 3 aromatic rings. The van der Waals surface area contributed by atoms with Crippen molar-refractivity contribution in [1.82, 2.24) is 19.8 Å². The highest BCUT2D eigenvalue weighted by Gasteiger charge is 2.42. The van der Waals surface area contributed by atoms with Crippen LogP contribution in [-0.4, -0.2) is 51.9 Å². The van der Waals surface area contributed by atoms with Gasteiger partial charge in [-0.15, -0.1) is 0 Å². The molecule has 1 spiro atoms. The van der Waals surface area contributed by atoms with Gasteiger partial charge in [0, 0.05) is 55.1 Å². The molecule has 1 aromatic heterocycles. The molecule has 2 aliphatic rings. The molecule has 0 aliphatic carbocycles. The van der Waals surface area contributed by atoms with Gasteiger partial charge in [-0.05, 0) is 55.6 Å². The summed E-state index contributed by atoms with van der Waals surface area (Å²) in [4.78, 5) is 25.1. The Bertz CT molecular complexity index is 1050. The molecule has 160 valence electrons. The van der Waals surface area contributed by atoms with Crippen LogP contribution in [0.3, 0.4) is 0 Å². The fraction of sp³-hybridized carbons (Fsp3) is 0.360. The number of piperidine rings is 1. The smallest absolute Gasteiger partial charge is 0.253 e. The molecule has 2 aromatic carbocycles. The number of amides is 1. The molecule has 1 unspecified atom stereocenters. The van der Waals surface area contributed by atoms with Gasteiger partial charge >= 0.3 is 0 Å². The van der Waals surface area contributed by atoms with Crippen molar-refractivity contribution >= 4 is 5.91 Å². The lowest BCUT2D eigenvalue weighted by Gasteiger charge is -2.40. The average molecular weight is 419 g/mol. The monoisotopic (exact) mass is 418 g/mol. The van der Waals surface area contributed by atoms with Gasteiger partial charge < -0.3 is 9.88 Å². The molecule has 31 heavy (non-hydrogen) atoms. The van der Waals surface area contributed by atoms with E-state index >= 15 is 0 Å². The SMILES string of the molecule is O=C(c1cccc(-c2ncc[nH]2)c1)N1CCC2(CCCN(Cc3ccc(F)cc3)C2)C1. The van der Waals surface area contributed by atoms with Crippen LogP contribution in [0.4, 0.5) is 4.39 Å². The van der Waals surface area contributed by atoms with Crippen molar-refractivity contribution in [2.45, 2.75) is 25.8 Å². The van der Waals surface area contributed by atoms with Gasteiger partial charge in [0.1, 0.15) is 11.6 Å². The summed E-state index contributed by atoms with van der Waals surface area (Å²) in [5, 5.41) is 0. The van der Waals surface area contributed by atoms with Gasteiger partial charge in [0.15, 0.2) is 0 Å². The normalized spacial score (nSPS) is 21.6. The number of halogens is 1. The van der Waals surface area contributed by atoms with Crippen molar-refractivity contribution < 1.29 is 9.18 Å². The largest absolute Gasteiger partial charge is 0.345 e. The molecule has 0 saturated carbocycles. The van der Waals surface area contributed by atoms with E-state index in [1.807, 2.05) is 41.3 Å². The maximum absolute atomic E-state index is 13.2. The predicted octanol–water partition coefficient (Wildman–Crippen LogP) is 4.34. The number of H-pyrrole nitrogens is 1. The molecule has 1 amide bonds. The van der Waals surface area contributed by atoms with E-state index in [0.717, 1.165) is 68.9 Å². The lowest BCUT2D eigenvalue weighted by molar-refractivity contribution is 0.0675. The number of hydrogen-bond acceptors (Lipinski definition) is 3. The lowest BCUT2D eigenvalue weighted by Crippen LogP contribution is -2.45. The van der Waals surface area contributed by atoms with Crippen LogP contribution in [0.1, 0.15) is 35.2 Å². The van der Waals surface area contributed by atoms with Crippen molar-refractivity contribution in [2.24, 2.45) is 5.41 Å². The number of nitrogens with one attached hydrogen (secondary N) is 1. The van der Waals surface area contributed by atoms with Crippen LogP contribution in [0.15, 0.2) is 60.9 Å². The Balaban J connectivity index is 1.26. The number of benzene rings is 2. The first-order valence-corrected chi connectivity index (χ1v) is 11.0. The van der Waals surface area contributed by atoms with E-state index in [-0.39, 0.29) is 17.1 Å². The van der Waals surface area contributed by atoms with Crippen LogP contribution >= 0.6 is 0 Å². The Labute approximate surface area is 181 Å². The molecule has 0 bridgehead atoms. The van der Waals surface area contributed by atoms with Crippen molar-refractivity contribution in [3.05, 3.63) is 77.9 Å². The van der Waals surface area contributed by atoms with Gasteiger partial charge in [-0.2, -0.15) is 0 Å². The van der Waals surface area contributed by atoms with Crippen molar-refractivity contribution in [3.63, 3.8) is 0 Å².